The molecule has 5 nitrogen and oxygen atoms in total. The van der Waals surface area contributed by atoms with Crippen molar-refractivity contribution in [2.75, 3.05) is 0 Å². The molecule has 0 spiro atoms. The standard InChI is InChI=1S/C16H12ClN3O2S2/c1-8-11(9(2)22-20-8)7-23-16-19-18-15(21-16)14-13(17)10-5-3-4-6-12(10)24-14/h3-6H,7H2,1-2H3. The van der Waals surface area contributed by atoms with Gasteiger partial charge < -0.3 is 8.94 Å². The molecule has 0 aliphatic heterocycles. The topological polar surface area (TPSA) is 65.0 Å². The van der Waals surface area contributed by atoms with Crippen molar-refractivity contribution in [2.24, 2.45) is 0 Å². The Bertz CT molecular complexity index is 1000. The lowest BCUT2D eigenvalue weighted by atomic mass is 10.2. The average molecular weight is 378 g/mol. The molecule has 0 fully saturated rings. The molecule has 0 N–H and O–H groups in total. The first-order chi connectivity index (χ1) is 11.6. The van der Waals surface area contributed by atoms with Gasteiger partial charge in [0.15, 0.2) is 0 Å². The van der Waals surface area contributed by atoms with Gasteiger partial charge >= 0.3 is 0 Å². The third-order valence-electron chi connectivity index (χ3n) is 3.66. The maximum absolute atomic E-state index is 6.46. The molecule has 0 bridgehead atoms. The molecule has 24 heavy (non-hydrogen) atoms. The summed E-state index contributed by atoms with van der Waals surface area (Å²) in [4.78, 5) is 0.801. The summed E-state index contributed by atoms with van der Waals surface area (Å²) >= 11 is 9.46. The quantitative estimate of drug-likeness (QED) is 0.437. The Morgan fingerprint density at radius 3 is 2.79 bits per heavy atom. The summed E-state index contributed by atoms with van der Waals surface area (Å²) in [5, 5.41) is 14.3. The lowest BCUT2D eigenvalue weighted by Gasteiger charge is -1.95. The number of halogens is 1. The van der Waals surface area contributed by atoms with E-state index in [2.05, 4.69) is 15.4 Å². The van der Waals surface area contributed by atoms with Crippen molar-refractivity contribution in [1.29, 1.82) is 0 Å². The van der Waals surface area contributed by atoms with Crippen LogP contribution < -0.4 is 0 Å². The number of hydrogen-bond donors (Lipinski definition) is 0. The Hall–Kier alpha value is -1.83. The minimum absolute atomic E-state index is 0.447. The number of thioether (sulfide) groups is 1. The van der Waals surface area contributed by atoms with Crippen LogP contribution in [0.25, 0.3) is 20.9 Å². The fourth-order valence-electron chi connectivity index (χ4n) is 2.35. The summed E-state index contributed by atoms with van der Waals surface area (Å²) in [6.45, 7) is 3.81. The van der Waals surface area contributed by atoms with E-state index >= 15 is 0 Å². The van der Waals surface area contributed by atoms with Crippen LogP contribution in [0.15, 0.2) is 38.4 Å². The van der Waals surface area contributed by atoms with Gasteiger partial charge in [-0.15, -0.1) is 21.5 Å². The highest BCUT2D eigenvalue weighted by Gasteiger charge is 2.18. The van der Waals surface area contributed by atoms with Gasteiger partial charge in [-0.1, -0.05) is 46.7 Å². The Morgan fingerprint density at radius 1 is 1.21 bits per heavy atom. The number of fused-ring (bicyclic) bond motifs is 1. The van der Waals surface area contributed by atoms with Gasteiger partial charge in [0, 0.05) is 21.4 Å². The second kappa shape index (κ2) is 6.23. The molecule has 4 aromatic rings. The summed E-state index contributed by atoms with van der Waals surface area (Å²) in [7, 11) is 0. The molecule has 0 saturated carbocycles. The molecule has 0 atom stereocenters. The third kappa shape index (κ3) is 2.72. The van der Waals surface area contributed by atoms with Crippen molar-refractivity contribution >= 4 is 44.8 Å². The van der Waals surface area contributed by atoms with Crippen LogP contribution in [0.4, 0.5) is 0 Å². The van der Waals surface area contributed by atoms with Crippen LogP contribution in [0, 0.1) is 13.8 Å². The summed E-state index contributed by atoms with van der Waals surface area (Å²) in [6.07, 6.45) is 0. The smallest absolute Gasteiger partial charge is 0.277 e. The lowest BCUT2D eigenvalue weighted by Crippen LogP contribution is -1.84. The second-order valence-electron chi connectivity index (χ2n) is 5.21. The molecular weight excluding hydrogens is 366 g/mol. The summed E-state index contributed by atoms with van der Waals surface area (Å²) < 4.78 is 12.0. The molecule has 0 saturated heterocycles. The van der Waals surface area contributed by atoms with E-state index in [1.54, 1.807) is 11.3 Å². The normalized spacial score (nSPS) is 11.5. The number of nitrogens with zero attached hydrogens (tertiary/aromatic N) is 3. The van der Waals surface area contributed by atoms with Gasteiger partial charge in [0.05, 0.1) is 10.7 Å². The molecule has 0 radical (unpaired) electrons. The summed E-state index contributed by atoms with van der Waals surface area (Å²) in [6, 6.07) is 7.96. The van der Waals surface area contributed by atoms with E-state index in [0.717, 1.165) is 32.0 Å². The monoisotopic (exact) mass is 377 g/mol. The van der Waals surface area contributed by atoms with Crippen molar-refractivity contribution in [1.82, 2.24) is 15.4 Å². The van der Waals surface area contributed by atoms with Gasteiger partial charge in [-0.05, 0) is 19.9 Å². The molecule has 122 valence electrons. The molecule has 0 unspecified atom stereocenters. The second-order valence-corrected chi connectivity index (χ2v) is 7.56. The Labute approximate surface area is 151 Å². The lowest BCUT2D eigenvalue weighted by molar-refractivity contribution is 0.392. The largest absolute Gasteiger partial charge is 0.410 e. The van der Waals surface area contributed by atoms with Gasteiger partial charge in [-0.3, -0.25) is 0 Å². The van der Waals surface area contributed by atoms with Crippen LogP contribution in [0.5, 0.6) is 0 Å². The van der Waals surface area contributed by atoms with E-state index in [0.29, 0.717) is 21.9 Å². The minimum Gasteiger partial charge on any atom is -0.410 e. The molecule has 0 amide bonds. The van der Waals surface area contributed by atoms with Crippen LogP contribution in [-0.4, -0.2) is 15.4 Å². The van der Waals surface area contributed by atoms with Gasteiger partial charge in [-0.25, -0.2) is 0 Å². The van der Waals surface area contributed by atoms with Crippen molar-refractivity contribution in [3.8, 4) is 10.8 Å². The highest BCUT2D eigenvalue weighted by Crippen LogP contribution is 2.42. The van der Waals surface area contributed by atoms with Crippen LogP contribution in [0.3, 0.4) is 0 Å². The highest BCUT2D eigenvalue weighted by molar-refractivity contribution is 7.98. The predicted octanol–water partition coefficient (Wildman–Crippen LogP) is 5.50. The van der Waals surface area contributed by atoms with Crippen molar-refractivity contribution in [3.05, 3.63) is 46.3 Å². The SMILES string of the molecule is Cc1noc(C)c1CSc1nnc(-c2sc3ccccc3c2Cl)o1. The van der Waals surface area contributed by atoms with E-state index in [1.165, 1.54) is 11.8 Å². The third-order valence-corrected chi connectivity index (χ3v) is 6.17. The Morgan fingerprint density at radius 2 is 2.04 bits per heavy atom. The summed E-state index contributed by atoms with van der Waals surface area (Å²) in [5.41, 5.74) is 1.94. The summed E-state index contributed by atoms with van der Waals surface area (Å²) in [5.74, 6) is 1.93. The highest BCUT2D eigenvalue weighted by atomic mass is 35.5. The van der Waals surface area contributed by atoms with Crippen LogP contribution in [-0.2, 0) is 5.75 Å². The predicted molar refractivity (Wildman–Crippen MR) is 95.7 cm³/mol. The molecule has 8 heteroatoms. The zero-order valence-corrected chi connectivity index (χ0v) is 15.3. The first-order valence-corrected chi connectivity index (χ1v) is 9.37. The molecular formula is C16H12ClN3O2S2. The maximum Gasteiger partial charge on any atom is 0.277 e. The zero-order chi connectivity index (χ0) is 16.7. The van der Waals surface area contributed by atoms with Crippen molar-refractivity contribution in [2.45, 2.75) is 24.8 Å². The molecule has 3 heterocycles. The van der Waals surface area contributed by atoms with E-state index in [9.17, 15) is 0 Å². The van der Waals surface area contributed by atoms with Gasteiger partial charge in [0.25, 0.3) is 11.1 Å². The van der Waals surface area contributed by atoms with E-state index in [1.807, 2.05) is 38.1 Å². The molecule has 4 rings (SSSR count). The van der Waals surface area contributed by atoms with Crippen LogP contribution in [0.2, 0.25) is 5.02 Å². The fourth-order valence-corrected chi connectivity index (χ4v) is 4.70. The number of rotatable bonds is 4. The fraction of sp³-hybridized carbons (Fsp3) is 0.188. The zero-order valence-electron chi connectivity index (χ0n) is 12.9. The maximum atomic E-state index is 6.46. The van der Waals surface area contributed by atoms with Crippen molar-refractivity contribution in [3.63, 3.8) is 0 Å². The van der Waals surface area contributed by atoms with Gasteiger partial charge in [0.2, 0.25) is 0 Å². The number of aromatic nitrogens is 3. The van der Waals surface area contributed by atoms with E-state index in [-0.39, 0.29) is 0 Å². The first-order valence-electron chi connectivity index (χ1n) is 7.19. The molecule has 0 aliphatic carbocycles. The van der Waals surface area contributed by atoms with Gasteiger partial charge in [-0.2, -0.15) is 0 Å². The number of benzene rings is 1. The van der Waals surface area contributed by atoms with Gasteiger partial charge in [0.1, 0.15) is 10.6 Å². The van der Waals surface area contributed by atoms with E-state index in [4.69, 9.17) is 20.5 Å². The van der Waals surface area contributed by atoms with Crippen LogP contribution in [0.1, 0.15) is 17.0 Å². The molecule has 0 aliphatic rings. The Kier molecular flexibility index (Phi) is 4.07. The van der Waals surface area contributed by atoms with E-state index < -0.39 is 0 Å². The van der Waals surface area contributed by atoms with Crippen LogP contribution >= 0.6 is 34.7 Å². The number of hydrogen-bond acceptors (Lipinski definition) is 7. The number of thiophene rings is 1. The minimum atomic E-state index is 0.447. The first kappa shape index (κ1) is 15.7. The number of aryl methyl sites for hydroxylation is 2. The Balaban J connectivity index is 1.59. The molecule has 3 aromatic heterocycles. The average Bonchev–Trinajstić information content (AvgIpc) is 3.26. The molecule has 1 aromatic carbocycles. The van der Waals surface area contributed by atoms with Crippen molar-refractivity contribution < 1.29 is 8.94 Å².